The minimum atomic E-state index is -0.567. The first-order valence-electron chi connectivity index (χ1n) is 6.31. The molecule has 0 aromatic heterocycles. The van der Waals surface area contributed by atoms with Crippen LogP contribution in [0.3, 0.4) is 0 Å². The Morgan fingerprint density at radius 1 is 1.24 bits per heavy atom. The zero-order chi connectivity index (χ0) is 13.1. The van der Waals surface area contributed by atoms with E-state index in [0.717, 1.165) is 24.0 Å². The van der Waals surface area contributed by atoms with Crippen LogP contribution in [0, 0.1) is 13.8 Å². The van der Waals surface area contributed by atoms with Crippen LogP contribution in [0.15, 0.2) is 18.2 Å². The van der Waals surface area contributed by atoms with Gasteiger partial charge < -0.3 is 9.84 Å². The van der Waals surface area contributed by atoms with Crippen molar-refractivity contribution in [2.24, 2.45) is 0 Å². The quantitative estimate of drug-likeness (QED) is 0.847. The molecule has 1 atom stereocenters. The monoisotopic (exact) mass is 236 g/mol. The van der Waals surface area contributed by atoms with Gasteiger partial charge in [-0.25, -0.2) is 0 Å². The number of hydrogen-bond donors (Lipinski definition) is 1. The van der Waals surface area contributed by atoms with E-state index in [1.54, 1.807) is 7.11 Å². The van der Waals surface area contributed by atoms with Crippen molar-refractivity contribution in [2.75, 3.05) is 7.11 Å². The van der Waals surface area contributed by atoms with Gasteiger partial charge >= 0.3 is 0 Å². The lowest BCUT2D eigenvalue weighted by atomic mass is 9.83. The van der Waals surface area contributed by atoms with Crippen molar-refractivity contribution in [1.29, 1.82) is 0 Å². The van der Waals surface area contributed by atoms with E-state index in [2.05, 4.69) is 33.8 Å². The highest BCUT2D eigenvalue weighted by Gasteiger charge is 2.36. The first kappa shape index (κ1) is 14.2. The van der Waals surface area contributed by atoms with Crippen molar-refractivity contribution in [1.82, 2.24) is 0 Å². The molecule has 1 unspecified atom stereocenters. The molecule has 2 heteroatoms. The molecule has 0 aliphatic heterocycles. The molecular formula is C15H24O2. The minimum absolute atomic E-state index is 0.474. The number of aryl methyl sites for hydroxylation is 1. The van der Waals surface area contributed by atoms with E-state index < -0.39 is 11.7 Å². The van der Waals surface area contributed by atoms with E-state index in [1.807, 2.05) is 12.1 Å². The third-order valence-corrected chi connectivity index (χ3v) is 4.04. The molecule has 1 rings (SSSR count). The van der Waals surface area contributed by atoms with Crippen molar-refractivity contribution >= 4 is 0 Å². The van der Waals surface area contributed by atoms with Gasteiger partial charge in [0.25, 0.3) is 0 Å². The van der Waals surface area contributed by atoms with Gasteiger partial charge in [0, 0.05) is 7.11 Å². The van der Waals surface area contributed by atoms with Gasteiger partial charge in [-0.2, -0.15) is 0 Å². The Morgan fingerprint density at radius 3 is 2.29 bits per heavy atom. The van der Waals surface area contributed by atoms with Crippen molar-refractivity contribution in [2.45, 2.75) is 52.2 Å². The zero-order valence-corrected chi connectivity index (χ0v) is 11.6. The van der Waals surface area contributed by atoms with E-state index in [4.69, 9.17) is 4.74 Å². The summed E-state index contributed by atoms with van der Waals surface area (Å²) in [7, 11) is 1.68. The van der Waals surface area contributed by atoms with Gasteiger partial charge in [0.2, 0.25) is 0 Å². The summed E-state index contributed by atoms with van der Waals surface area (Å²) >= 11 is 0. The van der Waals surface area contributed by atoms with Crippen LogP contribution in [0.1, 0.15) is 49.5 Å². The molecule has 1 aromatic rings. The Balaban J connectivity index is 3.18. The summed E-state index contributed by atoms with van der Waals surface area (Å²) in [6, 6.07) is 6.05. The molecule has 0 fully saturated rings. The molecular weight excluding hydrogens is 212 g/mol. The molecule has 0 radical (unpaired) electrons. The van der Waals surface area contributed by atoms with Crippen molar-refractivity contribution in [3.63, 3.8) is 0 Å². The van der Waals surface area contributed by atoms with Crippen LogP contribution in [0.5, 0.6) is 0 Å². The minimum Gasteiger partial charge on any atom is -0.385 e. The molecule has 2 nitrogen and oxygen atoms in total. The summed E-state index contributed by atoms with van der Waals surface area (Å²) in [4.78, 5) is 0. The average molecular weight is 236 g/mol. The second-order valence-electron chi connectivity index (χ2n) is 4.67. The zero-order valence-electron chi connectivity index (χ0n) is 11.6. The SMILES string of the molecule is CCC(CC)(OC)C(O)c1cccc(C)c1C. The van der Waals surface area contributed by atoms with E-state index >= 15 is 0 Å². The third-order valence-electron chi connectivity index (χ3n) is 4.04. The van der Waals surface area contributed by atoms with Crippen molar-refractivity contribution in [3.05, 3.63) is 34.9 Å². The van der Waals surface area contributed by atoms with Crippen molar-refractivity contribution < 1.29 is 9.84 Å². The highest BCUT2D eigenvalue weighted by Crippen LogP contribution is 2.36. The van der Waals surface area contributed by atoms with Gasteiger partial charge in [-0.1, -0.05) is 32.0 Å². The number of benzene rings is 1. The standard InChI is InChI=1S/C15H24O2/c1-6-15(7-2,17-5)14(16)13-10-8-9-11(3)12(13)4/h8-10,14,16H,6-7H2,1-5H3. The molecule has 1 aromatic carbocycles. The fraction of sp³-hybridized carbons (Fsp3) is 0.600. The van der Waals surface area contributed by atoms with E-state index in [9.17, 15) is 5.11 Å². The maximum absolute atomic E-state index is 10.6. The Kier molecular flexibility index (Phi) is 4.72. The van der Waals surface area contributed by atoms with Crippen LogP contribution in [0.2, 0.25) is 0 Å². The lowest BCUT2D eigenvalue weighted by molar-refractivity contribution is -0.110. The van der Waals surface area contributed by atoms with Crippen LogP contribution in [-0.2, 0) is 4.74 Å². The van der Waals surface area contributed by atoms with Gasteiger partial charge in [0.05, 0.1) is 5.60 Å². The molecule has 0 aliphatic carbocycles. The van der Waals surface area contributed by atoms with Gasteiger partial charge in [-0.15, -0.1) is 0 Å². The molecule has 0 saturated carbocycles. The molecule has 96 valence electrons. The fourth-order valence-electron chi connectivity index (χ4n) is 2.39. The molecule has 0 saturated heterocycles. The summed E-state index contributed by atoms with van der Waals surface area (Å²) in [6.07, 6.45) is 1.03. The summed E-state index contributed by atoms with van der Waals surface area (Å²) in [5, 5.41) is 10.6. The first-order valence-corrected chi connectivity index (χ1v) is 6.31. The normalized spacial score (nSPS) is 13.8. The van der Waals surface area contributed by atoms with E-state index in [1.165, 1.54) is 5.56 Å². The van der Waals surface area contributed by atoms with Gasteiger partial charge in [0.15, 0.2) is 0 Å². The van der Waals surface area contributed by atoms with Crippen LogP contribution in [-0.4, -0.2) is 17.8 Å². The molecule has 1 N–H and O–H groups in total. The Hall–Kier alpha value is -0.860. The molecule has 0 amide bonds. The largest absolute Gasteiger partial charge is 0.385 e. The predicted molar refractivity (Wildman–Crippen MR) is 71.2 cm³/mol. The Morgan fingerprint density at radius 2 is 1.82 bits per heavy atom. The second kappa shape index (κ2) is 5.65. The van der Waals surface area contributed by atoms with E-state index in [0.29, 0.717) is 0 Å². The molecule has 0 bridgehead atoms. The molecule has 17 heavy (non-hydrogen) atoms. The first-order chi connectivity index (χ1) is 8.02. The average Bonchev–Trinajstić information content (AvgIpc) is 2.35. The number of methoxy groups -OCH3 is 1. The molecule has 0 heterocycles. The maximum Gasteiger partial charge on any atom is 0.108 e. The van der Waals surface area contributed by atoms with Crippen LogP contribution in [0.4, 0.5) is 0 Å². The fourth-order valence-corrected chi connectivity index (χ4v) is 2.39. The lowest BCUT2D eigenvalue weighted by Gasteiger charge is -2.36. The van der Waals surface area contributed by atoms with Crippen LogP contribution in [0.25, 0.3) is 0 Å². The van der Waals surface area contributed by atoms with E-state index in [-0.39, 0.29) is 0 Å². The van der Waals surface area contributed by atoms with Crippen molar-refractivity contribution in [3.8, 4) is 0 Å². The Labute approximate surface area is 105 Å². The number of aliphatic hydroxyl groups excluding tert-OH is 1. The number of rotatable bonds is 5. The predicted octanol–water partition coefficient (Wildman–Crippen LogP) is 3.54. The number of ether oxygens (including phenoxy) is 1. The van der Waals surface area contributed by atoms with Gasteiger partial charge in [-0.05, 0) is 43.4 Å². The lowest BCUT2D eigenvalue weighted by Crippen LogP contribution is -2.37. The highest BCUT2D eigenvalue weighted by molar-refractivity contribution is 5.35. The summed E-state index contributed by atoms with van der Waals surface area (Å²) < 4.78 is 5.60. The molecule has 0 spiro atoms. The number of hydrogen-bond acceptors (Lipinski definition) is 2. The van der Waals surface area contributed by atoms with Crippen LogP contribution >= 0.6 is 0 Å². The maximum atomic E-state index is 10.6. The summed E-state index contributed by atoms with van der Waals surface area (Å²) in [5.74, 6) is 0. The second-order valence-corrected chi connectivity index (χ2v) is 4.67. The highest BCUT2D eigenvalue weighted by atomic mass is 16.5. The third kappa shape index (κ3) is 2.53. The van der Waals surface area contributed by atoms with Gasteiger partial charge in [-0.3, -0.25) is 0 Å². The number of aliphatic hydroxyl groups is 1. The topological polar surface area (TPSA) is 29.5 Å². The Bertz CT molecular complexity index is 359. The van der Waals surface area contributed by atoms with Gasteiger partial charge in [0.1, 0.15) is 6.10 Å². The smallest absolute Gasteiger partial charge is 0.108 e. The van der Waals surface area contributed by atoms with Crippen LogP contribution < -0.4 is 0 Å². The summed E-state index contributed by atoms with van der Waals surface area (Å²) in [6.45, 7) is 8.24. The molecule has 0 aliphatic rings. The summed E-state index contributed by atoms with van der Waals surface area (Å²) in [5.41, 5.74) is 2.87.